The van der Waals surface area contributed by atoms with E-state index < -0.39 is 0 Å². The smallest absolute Gasteiger partial charge is 0.308 e. The van der Waals surface area contributed by atoms with E-state index in [1.54, 1.807) is 0 Å². The fourth-order valence-electron chi connectivity index (χ4n) is 3.58. The Kier molecular flexibility index (Phi) is 4.90. The van der Waals surface area contributed by atoms with Gasteiger partial charge >= 0.3 is 5.97 Å². The number of Topliss-reactive ketones (excluding diaryl/α,β-unsaturated/α-hetero) is 1. The predicted molar refractivity (Wildman–Crippen MR) is 104 cm³/mol. The summed E-state index contributed by atoms with van der Waals surface area (Å²) in [7, 11) is 0. The molecular formula is C20H21NO3S2. The molecule has 1 aromatic carbocycles. The number of rotatable bonds is 5. The summed E-state index contributed by atoms with van der Waals surface area (Å²) in [5, 5.41) is 0.645. The lowest BCUT2D eigenvalue weighted by atomic mass is 9.95. The van der Waals surface area contributed by atoms with Crippen LogP contribution in [0.25, 0.3) is 0 Å². The van der Waals surface area contributed by atoms with Crippen LogP contribution >= 0.6 is 24.0 Å². The summed E-state index contributed by atoms with van der Waals surface area (Å²) in [4.78, 5) is 28.6. The minimum absolute atomic E-state index is 0.198. The number of thiophene rings is 1. The van der Waals surface area contributed by atoms with Crippen molar-refractivity contribution in [2.75, 3.05) is 6.54 Å². The molecule has 1 aliphatic heterocycles. The normalized spacial score (nSPS) is 18.2. The fraction of sp³-hybridized carbons (Fsp3) is 0.400. The van der Waals surface area contributed by atoms with E-state index in [-0.39, 0.29) is 17.9 Å². The lowest BCUT2D eigenvalue weighted by molar-refractivity contribution is -0.131. The van der Waals surface area contributed by atoms with Gasteiger partial charge in [0.25, 0.3) is 0 Å². The third-order valence-electron chi connectivity index (χ3n) is 4.92. The Bertz CT molecular complexity index is 856. The molecule has 1 aliphatic carbocycles. The van der Waals surface area contributed by atoms with Crippen molar-refractivity contribution in [1.29, 1.82) is 0 Å². The van der Waals surface area contributed by atoms with Crippen molar-refractivity contribution < 1.29 is 14.3 Å². The summed E-state index contributed by atoms with van der Waals surface area (Å²) < 4.78 is 5.24. The lowest BCUT2D eigenvalue weighted by Gasteiger charge is -2.34. The first-order valence-electron chi connectivity index (χ1n) is 8.88. The molecule has 0 saturated heterocycles. The highest BCUT2D eigenvalue weighted by atomic mass is 32.1. The number of benzene rings is 1. The van der Waals surface area contributed by atoms with Gasteiger partial charge in [0.15, 0.2) is 10.8 Å². The van der Waals surface area contributed by atoms with E-state index in [2.05, 4.69) is 17.5 Å². The molecular weight excluding hydrogens is 366 g/mol. The Balaban J connectivity index is 1.61. The van der Waals surface area contributed by atoms with E-state index in [1.165, 1.54) is 23.1 Å². The number of hydrogen-bond donors (Lipinski definition) is 1. The van der Waals surface area contributed by atoms with Gasteiger partial charge in [-0.3, -0.25) is 14.5 Å². The van der Waals surface area contributed by atoms with Gasteiger partial charge in [-0.25, -0.2) is 0 Å². The standard InChI is InChI=1S/C20H21NO3S2/c1-12(22)24-18-10-15-11-21(8-7-17(15)26-18)19(20(23)13-5-6-13)14-3-2-4-16(25)9-14/h2-4,9-10,13,19,25H,5-8,11H2,1H3. The topological polar surface area (TPSA) is 46.6 Å². The van der Waals surface area contributed by atoms with E-state index >= 15 is 0 Å². The van der Waals surface area contributed by atoms with Crippen LogP contribution in [0.1, 0.15) is 41.8 Å². The summed E-state index contributed by atoms with van der Waals surface area (Å²) in [5.74, 6) is 0.222. The number of carbonyl (C=O) groups is 2. The Hall–Kier alpha value is -1.63. The first-order chi connectivity index (χ1) is 12.5. The summed E-state index contributed by atoms with van der Waals surface area (Å²) in [6.45, 7) is 2.94. The highest BCUT2D eigenvalue weighted by Gasteiger charge is 2.39. The van der Waals surface area contributed by atoms with Gasteiger partial charge in [-0.1, -0.05) is 12.1 Å². The number of thiol groups is 1. The average molecular weight is 388 g/mol. The Labute approximate surface area is 162 Å². The second-order valence-electron chi connectivity index (χ2n) is 7.00. The van der Waals surface area contributed by atoms with Gasteiger partial charge in [0.05, 0.1) is 6.04 Å². The number of ketones is 1. The molecule has 4 nitrogen and oxygen atoms in total. The van der Waals surface area contributed by atoms with Crippen molar-refractivity contribution in [2.24, 2.45) is 5.92 Å². The fourth-order valence-corrected chi connectivity index (χ4v) is 4.87. The maximum absolute atomic E-state index is 13.0. The van der Waals surface area contributed by atoms with Gasteiger partial charge in [-0.2, -0.15) is 0 Å². The highest BCUT2D eigenvalue weighted by molar-refractivity contribution is 7.80. The first kappa shape index (κ1) is 17.8. The molecule has 1 atom stereocenters. The molecule has 1 fully saturated rings. The molecule has 0 radical (unpaired) electrons. The molecule has 1 saturated carbocycles. The molecule has 136 valence electrons. The molecule has 0 N–H and O–H groups in total. The van der Waals surface area contributed by atoms with Crippen LogP contribution in [0.5, 0.6) is 5.06 Å². The van der Waals surface area contributed by atoms with Crippen LogP contribution in [0, 0.1) is 5.92 Å². The van der Waals surface area contributed by atoms with Crippen LogP contribution < -0.4 is 4.74 Å². The van der Waals surface area contributed by atoms with E-state index in [0.29, 0.717) is 17.4 Å². The van der Waals surface area contributed by atoms with Crippen LogP contribution in [0.3, 0.4) is 0 Å². The monoisotopic (exact) mass is 387 g/mol. The van der Waals surface area contributed by atoms with Crippen LogP contribution in [0.4, 0.5) is 0 Å². The Morgan fingerprint density at radius 2 is 2.12 bits per heavy atom. The molecule has 2 heterocycles. The largest absolute Gasteiger partial charge is 0.416 e. The highest BCUT2D eigenvalue weighted by Crippen LogP contribution is 2.41. The summed E-state index contributed by atoms with van der Waals surface area (Å²) in [5.41, 5.74) is 2.18. The minimum Gasteiger partial charge on any atom is -0.416 e. The van der Waals surface area contributed by atoms with Gasteiger partial charge in [0.2, 0.25) is 0 Å². The average Bonchev–Trinajstić information content (AvgIpc) is 3.35. The van der Waals surface area contributed by atoms with E-state index in [1.807, 2.05) is 30.3 Å². The molecule has 1 unspecified atom stereocenters. The SMILES string of the molecule is CC(=O)Oc1cc2c(s1)CCN(C(C(=O)C1CC1)c1cccc(S)c1)C2. The van der Waals surface area contributed by atoms with Gasteiger partial charge in [0, 0.05) is 35.7 Å². The molecule has 0 bridgehead atoms. The van der Waals surface area contributed by atoms with E-state index in [9.17, 15) is 9.59 Å². The van der Waals surface area contributed by atoms with Crippen LogP contribution in [0.15, 0.2) is 35.2 Å². The number of hydrogen-bond acceptors (Lipinski definition) is 6. The molecule has 26 heavy (non-hydrogen) atoms. The quantitative estimate of drug-likeness (QED) is 0.621. The third kappa shape index (κ3) is 3.72. The zero-order chi connectivity index (χ0) is 18.3. The van der Waals surface area contributed by atoms with Crippen molar-refractivity contribution in [3.63, 3.8) is 0 Å². The van der Waals surface area contributed by atoms with Crippen LogP contribution in [0.2, 0.25) is 0 Å². The third-order valence-corrected chi connectivity index (χ3v) is 6.31. The minimum atomic E-state index is -0.298. The zero-order valence-corrected chi connectivity index (χ0v) is 16.3. The van der Waals surface area contributed by atoms with Crippen LogP contribution in [-0.2, 0) is 22.6 Å². The number of carbonyl (C=O) groups excluding carboxylic acids is 2. The number of ether oxygens (including phenoxy) is 1. The molecule has 2 aromatic rings. The van der Waals surface area contributed by atoms with Crippen molar-refractivity contribution in [1.82, 2.24) is 4.90 Å². The maximum Gasteiger partial charge on any atom is 0.308 e. The molecule has 0 amide bonds. The van der Waals surface area contributed by atoms with Crippen molar-refractivity contribution >= 4 is 35.7 Å². The Morgan fingerprint density at radius 3 is 2.81 bits per heavy atom. The zero-order valence-electron chi connectivity index (χ0n) is 14.6. The summed E-state index contributed by atoms with van der Waals surface area (Å²) in [6.07, 6.45) is 2.88. The molecule has 1 aromatic heterocycles. The molecule has 0 spiro atoms. The first-order valence-corrected chi connectivity index (χ1v) is 10.1. The summed E-state index contributed by atoms with van der Waals surface area (Å²) in [6, 6.07) is 9.65. The van der Waals surface area contributed by atoms with E-state index in [0.717, 1.165) is 41.8 Å². The summed E-state index contributed by atoms with van der Waals surface area (Å²) >= 11 is 5.99. The predicted octanol–water partition coefficient (Wildman–Crippen LogP) is 4.04. The van der Waals surface area contributed by atoms with Gasteiger partial charge in [-0.05, 0) is 48.6 Å². The maximum atomic E-state index is 13.0. The second kappa shape index (κ2) is 7.18. The number of nitrogens with zero attached hydrogens (tertiary/aromatic N) is 1. The van der Waals surface area contributed by atoms with E-state index in [4.69, 9.17) is 4.74 Å². The van der Waals surface area contributed by atoms with Gasteiger partial charge in [-0.15, -0.1) is 24.0 Å². The molecule has 2 aliphatic rings. The van der Waals surface area contributed by atoms with Gasteiger partial charge < -0.3 is 4.74 Å². The molecule has 6 heteroatoms. The molecule has 4 rings (SSSR count). The number of esters is 1. The second-order valence-corrected chi connectivity index (χ2v) is 8.62. The lowest BCUT2D eigenvalue weighted by Crippen LogP contribution is -2.38. The van der Waals surface area contributed by atoms with Gasteiger partial charge in [0.1, 0.15) is 0 Å². The Morgan fingerprint density at radius 1 is 1.31 bits per heavy atom. The van der Waals surface area contributed by atoms with Crippen LogP contribution in [-0.4, -0.2) is 23.2 Å². The van der Waals surface area contributed by atoms with Crippen molar-refractivity contribution in [2.45, 2.75) is 43.7 Å². The van der Waals surface area contributed by atoms with Crippen molar-refractivity contribution in [3.8, 4) is 5.06 Å². The van der Waals surface area contributed by atoms with Crippen molar-refractivity contribution in [3.05, 3.63) is 46.3 Å². The number of fused-ring (bicyclic) bond motifs is 1.